The van der Waals surface area contributed by atoms with Crippen LogP contribution in [0.5, 0.6) is 5.75 Å². The molecule has 0 spiro atoms. The van der Waals surface area contributed by atoms with Gasteiger partial charge in [-0.15, -0.1) is 0 Å². The van der Waals surface area contributed by atoms with E-state index in [2.05, 4.69) is 36.4 Å². The summed E-state index contributed by atoms with van der Waals surface area (Å²) in [4.78, 5) is 0. The van der Waals surface area contributed by atoms with Crippen molar-refractivity contribution < 1.29 is 9.84 Å². The van der Waals surface area contributed by atoms with Crippen LogP contribution >= 0.6 is 0 Å². The lowest BCUT2D eigenvalue weighted by molar-refractivity contribution is 0.161. The molecule has 3 heteroatoms. The van der Waals surface area contributed by atoms with Crippen LogP contribution in [0.25, 0.3) is 11.1 Å². The highest BCUT2D eigenvalue weighted by Gasteiger charge is 2.29. The number of benzene rings is 2. The first-order valence-electron chi connectivity index (χ1n) is 7.82. The van der Waals surface area contributed by atoms with Gasteiger partial charge in [-0.3, -0.25) is 0 Å². The molecule has 2 aromatic carbocycles. The van der Waals surface area contributed by atoms with Crippen LogP contribution in [0.2, 0.25) is 0 Å². The van der Waals surface area contributed by atoms with Gasteiger partial charge < -0.3 is 15.6 Å². The van der Waals surface area contributed by atoms with Crippen molar-refractivity contribution in [2.24, 2.45) is 11.7 Å². The zero-order valence-electron chi connectivity index (χ0n) is 12.9. The number of hydrogen-bond donors (Lipinski definition) is 2. The molecule has 0 aromatic heterocycles. The molecule has 3 atom stereocenters. The van der Waals surface area contributed by atoms with E-state index in [0.717, 1.165) is 25.0 Å². The summed E-state index contributed by atoms with van der Waals surface area (Å²) in [5.41, 5.74) is 9.58. The van der Waals surface area contributed by atoms with Gasteiger partial charge in [0.1, 0.15) is 5.75 Å². The van der Waals surface area contributed by atoms with E-state index in [4.69, 9.17) is 10.5 Å². The molecule has 2 aromatic rings. The molecule has 1 saturated carbocycles. The molecule has 0 radical (unpaired) electrons. The fourth-order valence-corrected chi connectivity index (χ4v) is 3.27. The molecule has 0 heterocycles. The van der Waals surface area contributed by atoms with Crippen molar-refractivity contribution in [1.82, 2.24) is 0 Å². The summed E-state index contributed by atoms with van der Waals surface area (Å²) in [5, 5.41) is 9.75. The van der Waals surface area contributed by atoms with Gasteiger partial charge in [-0.25, -0.2) is 0 Å². The first-order valence-corrected chi connectivity index (χ1v) is 7.82. The predicted molar refractivity (Wildman–Crippen MR) is 88.8 cm³/mol. The van der Waals surface area contributed by atoms with Gasteiger partial charge in [0.25, 0.3) is 0 Å². The third-order valence-electron chi connectivity index (χ3n) is 4.58. The van der Waals surface area contributed by atoms with E-state index in [1.54, 1.807) is 7.11 Å². The summed E-state index contributed by atoms with van der Waals surface area (Å²) in [7, 11) is 1.68. The normalized spacial score (nSPS) is 24.4. The first kappa shape index (κ1) is 15.1. The third kappa shape index (κ3) is 3.32. The maximum atomic E-state index is 9.75. The maximum absolute atomic E-state index is 9.75. The van der Waals surface area contributed by atoms with Gasteiger partial charge in [-0.05, 0) is 54.0 Å². The highest BCUT2D eigenvalue weighted by atomic mass is 16.5. The minimum atomic E-state index is -0.330. The second-order valence-corrected chi connectivity index (χ2v) is 6.20. The molecule has 3 N–H and O–H groups in total. The Hall–Kier alpha value is -1.84. The molecule has 3 rings (SSSR count). The molecule has 0 aliphatic heterocycles. The third-order valence-corrected chi connectivity index (χ3v) is 4.58. The second-order valence-electron chi connectivity index (χ2n) is 6.20. The van der Waals surface area contributed by atoms with Crippen LogP contribution in [0.4, 0.5) is 0 Å². The standard InChI is InChI=1S/C19H23NO2/c1-22-17-8-6-16(7-9-17)15-4-2-13(3-5-15)10-14-11-18(20)19(21)12-14/h2-9,14,18-19,21H,10-12,20H2,1H3/t14-,18+,19+/m1/s1. The summed E-state index contributed by atoms with van der Waals surface area (Å²) < 4.78 is 5.19. The molecular formula is C19H23NO2. The highest BCUT2D eigenvalue weighted by molar-refractivity contribution is 5.64. The minimum absolute atomic E-state index is 0.0522. The van der Waals surface area contributed by atoms with Crippen LogP contribution in [0.15, 0.2) is 48.5 Å². The van der Waals surface area contributed by atoms with Crippen molar-refractivity contribution in [2.45, 2.75) is 31.4 Å². The van der Waals surface area contributed by atoms with E-state index in [-0.39, 0.29) is 12.1 Å². The Labute approximate surface area is 131 Å². The van der Waals surface area contributed by atoms with Gasteiger partial charge >= 0.3 is 0 Å². The van der Waals surface area contributed by atoms with Crippen LogP contribution in [0.3, 0.4) is 0 Å². The quantitative estimate of drug-likeness (QED) is 0.912. The monoisotopic (exact) mass is 297 g/mol. The Bertz CT molecular complexity index is 596. The second kappa shape index (κ2) is 6.51. The smallest absolute Gasteiger partial charge is 0.118 e. The Morgan fingerprint density at radius 2 is 1.59 bits per heavy atom. The van der Waals surface area contributed by atoms with E-state index in [1.165, 1.54) is 16.7 Å². The number of hydrogen-bond acceptors (Lipinski definition) is 3. The molecule has 1 fully saturated rings. The molecule has 0 bridgehead atoms. The largest absolute Gasteiger partial charge is 0.497 e. The molecular weight excluding hydrogens is 274 g/mol. The van der Waals surface area contributed by atoms with Crippen molar-refractivity contribution in [3.05, 3.63) is 54.1 Å². The molecule has 22 heavy (non-hydrogen) atoms. The molecule has 116 valence electrons. The zero-order chi connectivity index (χ0) is 15.5. The highest BCUT2D eigenvalue weighted by Crippen LogP contribution is 2.29. The number of methoxy groups -OCH3 is 1. The topological polar surface area (TPSA) is 55.5 Å². The van der Waals surface area contributed by atoms with Gasteiger partial charge in [0.2, 0.25) is 0 Å². The maximum Gasteiger partial charge on any atom is 0.118 e. The van der Waals surface area contributed by atoms with E-state index >= 15 is 0 Å². The first-order chi connectivity index (χ1) is 10.7. The number of nitrogens with two attached hydrogens (primary N) is 1. The van der Waals surface area contributed by atoms with Crippen LogP contribution in [-0.4, -0.2) is 24.4 Å². The minimum Gasteiger partial charge on any atom is -0.497 e. The Morgan fingerprint density at radius 1 is 1.00 bits per heavy atom. The lowest BCUT2D eigenvalue weighted by Crippen LogP contribution is -2.28. The van der Waals surface area contributed by atoms with Crippen molar-refractivity contribution >= 4 is 0 Å². The lowest BCUT2D eigenvalue weighted by atomic mass is 9.96. The molecule has 0 unspecified atom stereocenters. The molecule has 3 nitrogen and oxygen atoms in total. The van der Waals surface area contributed by atoms with Crippen LogP contribution < -0.4 is 10.5 Å². The average molecular weight is 297 g/mol. The van der Waals surface area contributed by atoms with Crippen molar-refractivity contribution in [3.8, 4) is 16.9 Å². The van der Waals surface area contributed by atoms with Crippen LogP contribution in [-0.2, 0) is 6.42 Å². The summed E-state index contributed by atoms with van der Waals surface area (Å²) in [5.74, 6) is 1.37. The molecule has 0 amide bonds. The molecule has 1 aliphatic rings. The Kier molecular flexibility index (Phi) is 4.46. The fraction of sp³-hybridized carbons (Fsp3) is 0.368. The molecule has 1 aliphatic carbocycles. The van der Waals surface area contributed by atoms with Gasteiger partial charge in [-0.2, -0.15) is 0 Å². The summed E-state index contributed by atoms with van der Waals surface area (Å²) in [6.07, 6.45) is 2.40. The summed E-state index contributed by atoms with van der Waals surface area (Å²) in [6, 6.07) is 16.7. The van der Waals surface area contributed by atoms with E-state index in [9.17, 15) is 5.11 Å². The van der Waals surface area contributed by atoms with E-state index in [1.807, 2.05) is 12.1 Å². The zero-order valence-corrected chi connectivity index (χ0v) is 12.9. The summed E-state index contributed by atoms with van der Waals surface area (Å²) in [6.45, 7) is 0. The SMILES string of the molecule is COc1ccc(-c2ccc(C[C@@H]3C[C@H](N)[C@@H](O)C3)cc2)cc1. The number of aliphatic hydroxyl groups is 1. The number of rotatable bonds is 4. The van der Waals surface area contributed by atoms with Crippen molar-refractivity contribution in [3.63, 3.8) is 0 Å². The van der Waals surface area contributed by atoms with E-state index < -0.39 is 0 Å². The Balaban J connectivity index is 1.67. The summed E-state index contributed by atoms with van der Waals surface area (Å²) >= 11 is 0. The average Bonchev–Trinajstić information content (AvgIpc) is 2.86. The predicted octanol–water partition coefficient (Wildman–Crippen LogP) is 3.00. The lowest BCUT2D eigenvalue weighted by Gasteiger charge is -2.10. The van der Waals surface area contributed by atoms with Gasteiger partial charge in [0.05, 0.1) is 13.2 Å². The number of aliphatic hydroxyl groups excluding tert-OH is 1. The van der Waals surface area contributed by atoms with Crippen molar-refractivity contribution in [2.75, 3.05) is 7.11 Å². The number of ether oxygens (including phenoxy) is 1. The van der Waals surface area contributed by atoms with Crippen LogP contribution in [0, 0.1) is 5.92 Å². The van der Waals surface area contributed by atoms with E-state index in [0.29, 0.717) is 5.92 Å². The Morgan fingerprint density at radius 3 is 2.09 bits per heavy atom. The van der Waals surface area contributed by atoms with Gasteiger partial charge in [0.15, 0.2) is 0 Å². The van der Waals surface area contributed by atoms with Gasteiger partial charge in [-0.1, -0.05) is 36.4 Å². The fourth-order valence-electron chi connectivity index (χ4n) is 3.27. The van der Waals surface area contributed by atoms with Crippen molar-refractivity contribution in [1.29, 1.82) is 0 Å². The molecule has 0 saturated heterocycles. The van der Waals surface area contributed by atoms with Crippen LogP contribution in [0.1, 0.15) is 18.4 Å². The van der Waals surface area contributed by atoms with Gasteiger partial charge in [0, 0.05) is 6.04 Å².